The van der Waals surface area contributed by atoms with E-state index in [4.69, 9.17) is 0 Å². The topological polar surface area (TPSA) is 59.8 Å². The Kier molecular flexibility index (Phi) is 2.72. The van der Waals surface area contributed by atoms with E-state index in [-0.39, 0.29) is 5.91 Å². The molecule has 94 valence electrons. The molecule has 0 spiro atoms. The molecular weight excluding hydrogens is 240 g/mol. The maximum absolute atomic E-state index is 12.1. The number of aromatic nitrogens is 3. The Morgan fingerprint density at radius 3 is 2.79 bits per heavy atom. The van der Waals surface area contributed by atoms with Crippen molar-refractivity contribution in [2.75, 3.05) is 5.32 Å². The van der Waals surface area contributed by atoms with Crippen LogP contribution in [-0.2, 0) is 7.05 Å². The van der Waals surface area contributed by atoms with Crippen LogP contribution in [0.1, 0.15) is 10.6 Å². The lowest BCUT2D eigenvalue weighted by molar-refractivity contribution is 0.101. The summed E-state index contributed by atoms with van der Waals surface area (Å²) in [5.74, 6) is 0.124. The van der Waals surface area contributed by atoms with E-state index in [0.717, 1.165) is 10.9 Å². The van der Waals surface area contributed by atoms with Crippen molar-refractivity contribution < 1.29 is 4.79 Å². The summed E-state index contributed by atoms with van der Waals surface area (Å²) in [6.07, 6.45) is 5.03. The average Bonchev–Trinajstić information content (AvgIpc) is 2.85. The van der Waals surface area contributed by atoms with Crippen molar-refractivity contribution in [2.45, 2.75) is 0 Å². The Morgan fingerprint density at radius 2 is 2.00 bits per heavy atom. The van der Waals surface area contributed by atoms with Gasteiger partial charge in [0.2, 0.25) is 0 Å². The molecule has 5 nitrogen and oxygen atoms in total. The predicted octanol–water partition coefficient (Wildman–Crippen LogP) is 2.22. The van der Waals surface area contributed by atoms with E-state index in [1.807, 2.05) is 30.3 Å². The third kappa shape index (κ3) is 2.06. The zero-order valence-corrected chi connectivity index (χ0v) is 10.4. The molecule has 0 aliphatic heterocycles. The maximum Gasteiger partial charge on any atom is 0.291 e. The molecule has 2 aromatic heterocycles. The summed E-state index contributed by atoms with van der Waals surface area (Å²) in [6.45, 7) is 0. The molecule has 0 saturated heterocycles. The van der Waals surface area contributed by atoms with Crippen LogP contribution in [0.2, 0.25) is 0 Å². The molecule has 0 radical (unpaired) electrons. The fraction of sp³-hybridized carbons (Fsp3) is 0.0714. The Balaban J connectivity index is 1.98. The predicted molar refractivity (Wildman–Crippen MR) is 72.9 cm³/mol. The SMILES string of the molecule is Cn1ccnc1C(=O)Nc1cccc2cccnc12. The number of para-hydroxylation sites is 1. The standard InChI is InChI=1S/C14H12N4O/c1-18-9-8-16-13(18)14(19)17-11-6-2-4-10-5-3-7-15-12(10)11/h2-9H,1H3,(H,17,19). The molecule has 19 heavy (non-hydrogen) atoms. The number of hydrogen-bond acceptors (Lipinski definition) is 3. The summed E-state index contributed by atoms with van der Waals surface area (Å²) in [4.78, 5) is 20.4. The molecule has 0 atom stereocenters. The summed E-state index contributed by atoms with van der Waals surface area (Å²) in [5.41, 5.74) is 1.46. The van der Waals surface area contributed by atoms with Crippen LogP contribution in [0.5, 0.6) is 0 Å². The van der Waals surface area contributed by atoms with Crippen LogP contribution >= 0.6 is 0 Å². The van der Waals surface area contributed by atoms with Gasteiger partial charge >= 0.3 is 0 Å². The number of nitrogens with zero attached hydrogens (tertiary/aromatic N) is 3. The number of carbonyl (C=O) groups excluding carboxylic acids is 1. The number of hydrogen-bond donors (Lipinski definition) is 1. The van der Waals surface area contributed by atoms with E-state index in [9.17, 15) is 4.79 Å². The van der Waals surface area contributed by atoms with Crippen LogP contribution in [0.15, 0.2) is 48.9 Å². The smallest absolute Gasteiger partial charge is 0.291 e. The van der Waals surface area contributed by atoms with Crippen LogP contribution in [0.25, 0.3) is 10.9 Å². The summed E-state index contributed by atoms with van der Waals surface area (Å²) in [6, 6.07) is 9.50. The van der Waals surface area contributed by atoms with Crippen molar-refractivity contribution in [3.8, 4) is 0 Å². The van der Waals surface area contributed by atoms with E-state index in [0.29, 0.717) is 11.5 Å². The summed E-state index contributed by atoms with van der Waals surface area (Å²) in [7, 11) is 1.78. The van der Waals surface area contributed by atoms with E-state index >= 15 is 0 Å². The molecule has 1 amide bonds. The van der Waals surface area contributed by atoms with Crippen LogP contribution in [0.3, 0.4) is 0 Å². The minimum absolute atomic E-state index is 0.245. The number of fused-ring (bicyclic) bond motifs is 1. The minimum atomic E-state index is -0.245. The van der Waals surface area contributed by atoms with Crippen molar-refractivity contribution >= 4 is 22.5 Å². The molecule has 1 aromatic carbocycles. The van der Waals surface area contributed by atoms with Gasteiger partial charge in [0.25, 0.3) is 5.91 Å². The highest BCUT2D eigenvalue weighted by Crippen LogP contribution is 2.20. The number of benzene rings is 1. The largest absolute Gasteiger partial charge is 0.330 e. The van der Waals surface area contributed by atoms with Gasteiger partial charge in [-0.2, -0.15) is 0 Å². The molecule has 2 heterocycles. The van der Waals surface area contributed by atoms with Crippen molar-refractivity contribution in [1.82, 2.24) is 14.5 Å². The van der Waals surface area contributed by atoms with Gasteiger partial charge in [-0.05, 0) is 12.1 Å². The van der Waals surface area contributed by atoms with E-state index < -0.39 is 0 Å². The Morgan fingerprint density at radius 1 is 1.16 bits per heavy atom. The third-order valence-corrected chi connectivity index (χ3v) is 2.91. The highest BCUT2D eigenvalue weighted by atomic mass is 16.2. The summed E-state index contributed by atoms with van der Waals surface area (Å²) < 4.78 is 1.67. The normalized spacial score (nSPS) is 10.6. The molecule has 0 aliphatic rings. The van der Waals surface area contributed by atoms with Crippen LogP contribution in [0, 0.1) is 0 Å². The van der Waals surface area contributed by atoms with Gasteiger partial charge in [0.05, 0.1) is 11.2 Å². The second-order valence-corrected chi connectivity index (χ2v) is 4.20. The second kappa shape index (κ2) is 4.53. The average molecular weight is 252 g/mol. The first-order valence-corrected chi connectivity index (χ1v) is 5.88. The van der Waals surface area contributed by atoms with E-state index in [2.05, 4.69) is 15.3 Å². The van der Waals surface area contributed by atoms with Gasteiger partial charge < -0.3 is 9.88 Å². The van der Waals surface area contributed by atoms with Gasteiger partial charge in [-0.25, -0.2) is 4.98 Å². The van der Waals surface area contributed by atoms with E-state index in [1.165, 1.54) is 0 Å². The number of rotatable bonds is 2. The monoisotopic (exact) mass is 252 g/mol. The molecular formula is C14H12N4O. The fourth-order valence-electron chi connectivity index (χ4n) is 1.97. The maximum atomic E-state index is 12.1. The number of carbonyl (C=O) groups is 1. The number of pyridine rings is 1. The van der Waals surface area contributed by atoms with Crippen LogP contribution in [-0.4, -0.2) is 20.4 Å². The highest BCUT2D eigenvalue weighted by Gasteiger charge is 2.12. The van der Waals surface area contributed by atoms with Crippen molar-refractivity contribution in [1.29, 1.82) is 0 Å². The Labute approximate surface area is 109 Å². The van der Waals surface area contributed by atoms with Gasteiger partial charge in [0.15, 0.2) is 5.82 Å². The number of nitrogens with one attached hydrogen (secondary N) is 1. The first kappa shape index (κ1) is 11.4. The van der Waals surface area contributed by atoms with Gasteiger partial charge in [0.1, 0.15) is 0 Å². The number of anilines is 1. The van der Waals surface area contributed by atoms with Crippen molar-refractivity contribution in [2.24, 2.45) is 7.05 Å². The molecule has 0 bridgehead atoms. The third-order valence-electron chi connectivity index (χ3n) is 2.91. The quantitative estimate of drug-likeness (QED) is 0.760. The van der Waals surface area contributed by atoms with Gasteiger partial charge in [0, 0.05) is 31.0 Å². The van der Waals surface area contributed by atoms with Crippen molar-refractivity contribution in [3.63, 3.8) is 0 Å². The number of amides is 1. The number of imidazole rings is 1. The van der Waals surface area contributed by atoms with E-state index in [1.54, 1.807) is 30.2 Å². The lowest BCUT2D eigenvalue weighted by Gasteiger charge is -2.07. The zero-order chi connectivity index (χ0) is 13.2. The molecule has 1 N–H and O–H groups in total. The molecule has 0 saturated carbocycles. The summed E-state index contributed by atoms with van der Waals surface area (Å²) in [5, 5.41) is 3.83. The molecule has 5 heteroatoms. The van der Waals surface area contributed by atoms with Crippen molar-refractivity contribution in [3.05, 3.63) is 54.7 Å². The highest BCUT2D eigenvalue weighted by molar-refractivity contribution is 6.06. The molecule has 0 aliphatic carbocycles. The summed E-state index contributed by atoms with van der Waals surface area (Å²) >= 11 is 0. The molecule has 3 rings (SSSR count). The van der Waals surface area contributed by atoms with Crippen LogP contribution in [0.4, 0.5) is 5.69 Å². The zero-order valence-electron chi connectivity index (χ0n) is 10.4. The Bertz CT molecular complexity index is 743. The fourth-order valence-corrected chi connectivity index (χ4v) is 1.97. The lowest BCUT2D eigenvalue weighted by atomic mass is 10.2. The second-order valence-electron chi connectivity index (χ2n) is 4.20. The van der Waals surface area contributed by atoms with Gasteiger partial charge in [-0.3, -0.25) is 9.78 Å². The first-order valence-electron chi connectivity index (χ1n) is 5.88. The molecule has 0 unspecified atom stereocenters. The lowest BCUT2D eigenvalue weighted by Crippen LogP contribution is -2.17. The molecule has 0 fully saturated rings. The van der Waals surface area contributed by atoms with Gasteiger partial charge in [-0.1, -0.05) is 18.2 Å². The number of aryl methyl sites for hydroxylation is 1. The first-order chi connectivity index (χ1) is 9.25. The van der Waals surface area contributed by atoms with Gasteiger partial charge in [-0.15, -0.1) is 0 Å². The molecule has 3 aromatic rings. The Hall–Kier alpha value is -2.69. The van der Waals surface area contributed by atoms with Crippen LogP contribution < -0.4 is 5.32 Å². The minimum Gasteiger partial charge on any atom is -0.330 e.